The van der Waals surface area contributed by atoms with Gasteiger partial charge in [-0.25, -0.2) is 9.97 Å². The van der Waals surface area contributed by atoms with E-state index in [0.29, 0.717) is 5.92 Å². The average Bonchev–Trinajstić information content (AvgIpc) is 2.92. The van der Waals surface area contributed by atoms with Crippen LogP contribution in [0.3, 0.4) is 0 Å². The van der Waals surface area contributed by atoms with Gasteiger partial charge in [-0.3, -0.25) is 0 Å². The zero-order valence-electron chi connectivity index (χ0n) is 13.0. The van der Waals surface area contributed by atoms with Crippen molar-refractivity contribution in [2.24, 2.45) is 5.92 Å². The molecule has 4 heteroatoms. The number of nitrogens with zero attached hydrogens (tertiary/aromatic N) is 2. The van der Waals surface area contributed by atoms with E-state index in [4.69, 9.17) is 4.98 Å². The minimum atomic E-state index is 0.657. The molecule has 1 heterocycles. The van der Waals surface area contributed by atoms with Crippen molar-refractivity contribution in [3.05, 3.63) is 17.6 Å². The quantitative estimate of drug-likeness (QED) is 0.805. The van der Waals surface area contributed by atoms with Crippen molar-refractivity contribution >= 4 is 17.6 Å². The van der Waals surface area contributed by atoms with Gasteiger partial charge in [-0.05, 0) is 31.4 Å². The molecule has 0 aromatic carbocycles. The highest BCUT2D eigenvalue weighted by Gasteiger charge is 2.19. The molecule has 0 unspecified atom stereocenters. The highest BCUT2D eigenvalue weighted by atomic mass is 32.2. The lowest BCUT2D eigenvalue weighted by Gasteiger charge is -2.13. The number of hydrogen-bond donors (Lipinski definition) is 1. The van der Waals surface area contributed by atoms with E-state index >= 15 is 0 Å². The van der Waals surface area contributed by atoms with Crippen molar-refractivity contribution in [2.45, 2.75) is 58.1 Å². The summed E-state index contributed by atoms with van der Waals surface area (Å²) >= 11 is 1.94. The normalized spacial score (nSPS) is 16.0. The molecule has 112 valence electrons. The summed E-state index contributed by atoms with van der Waals surface area (Å²) in [4.78, 5) is 9.47. The van der Waals surface area contributed by atoms with Crippen molar-refractivity contribution in [3.63, 3.8) is 0 Å². The van der Waals surface area contributed by atoms with E-state index < -0.39 is 0 Å². The predicted octanol–water partition coefficient (Wildman–Crippen LogP) is 4.46. The second kappa shape index (κ2) is 7.87. The second-order valence-electron chi connectivity index (χ2n) is 6.01. The Bertz CT molecular complexity index is 414. The van der Waals surface area contributed by atoms with Crippen molar-refractivity contribution in [1.29, 1.82) is 0 Å². The number of anilines is 1. The first kappa shape index (κ1) is 15.6. The van der Waals surface area contributed by atoms with Crippen LogP contribution in [0.4, 0.5) is 5.82 Å². The highest BCUT2D eigenvalue weighted by molar-refractivity contribution is 7.98. The molecule has 1 aliphatic rings. The lowest BCUT2D eigenvalue weighted by Crippen LogP contribution is -2.08. The molecule has 0 amide bonds. The van der Waals surface area contributed by atoms with E-state index in [1.54, 1.807) is 0 Å². The van der Waals surface area contributed by atoms with Gasteiger partial charge in [0.15, 0.2) is 0 Å². The van der Waals surface area contributed by atoms with Crippen LogP contribution in [-0.2, 0) is 5.75 Å². The molecule has 20 heavy (non-hydrogen) atoms. The summed E-state index contributed by atoms with van der Waals surface area (Å²) < 4.78 is 0. The summed E-state index contributed by atoms with van der Waals surface area (Å²) in [5.41, 5.74) is 1.26. The van der Waals surface area contributed by atoms with Gasteiger partial charge in [0.05, 0.1) is 5.75 Å². The van der Waals surface area contributed by atoms with E-state index in [2.05, 4.69) is 37.1 Å². The molecule has 1 aromatic heterocycles. The molecule has 1 fully saturated rings. The molecule has 0 aliphatic heterocycles. The van der Waals surface area contributed by atoms with Crippen LogP contribution in [0.25, 0.3) is 0 Å². The lowest BCUT2D eigenvalue weighted by molar-refractivity contribution is 0.688. The molecule has 0 saturated heterocycles. The molecule has 1 N–H and O–H groups in total. The Kier molecular flexibility index (Phi) is 6.14. The third kappa shape index (κ3) is 4.65. The Labute approximate surface area is 127 Å². The van der Waals surface area contributed by atoms with Gasteiger partial charge in [0.25, 0.3) is 0 Å². The summed E-state index contributed by atoms with van der Waals surface area (Å²) in [6.45, 7) is 7.55. The molecule has 0 bridgehead atoms. The van der Waals surface area contributed by atoms with Gasteiger partial charge in [-0.15, -0.1) is 0 Å². The fourth-order valence-electron chi connectivity index (χ4n) is 2.67. The van der Waals surface area contributed by atoms with Crippen LogP contribution < -0.4 is 5.32 Å². The molecule has 0 spiro atoms. The fraction of sp³-hybridized carbons (Fsp3) is 0.750. The van der Waals surface area contributed by atoms with Crippen LogP contribution in [0.15, 0.2) is 6.07 Å². The first-order valence-corrected chi connectivity index (χ1v) is 9.04. The van der Waals surface area contributed by atoms with E-state index in [1.807, 2.05) is 11.8 Å². The minimum absolute atomic E-state index is 0.657. The van der Waals surface area contributed by atoms with Gasteiger partial charge in [0.2, 0.25) is 0 Å². The number of hydrogen-bond acceptors (Lipinski definition) is 4. The maximum atomic E-state index is 4.82. The van der Waals surface area contributed by atoms with E-state index in [9.17, 15) is 0 Å². The lowest BCUT2D eigenvalue weighted by atomic mass is 10.0. The van der Waals surface area contributed by atoms with Crippen LogP contribution in [0, 0.1) is 5.92 Å². The summed E-state index contributed by atoms with van der Waals surface area (Å²) in [6, 6.07) is 2.16. The summed E-state index contributed by atoms with van der Waals surface area (Å²) in [5, 5.41) is 3.35. The number of rotatable bonds is 7. The zero-order chi connectivity index (χ0) is 14.4. The largest absolute Gasteiger partial charge is 0.370 e. The molecule has 0 atom stereocenters. The van der Waals surface area contributed by atoms with E-state index in [1.165, 1.54) is 37.1 Å². The molecular formula is C16H27N3S. The minimum Gasteiger partial charge on any atom is -0.370 e. The van der Waals surface area contributed by atoms with Crippen molar-refractivity contribution < 1.29 is 0 Å². The van der Waals surface area contributed by atoms with Crippen molar-refractivity contribution in [3.8, 4) is 0 Å². The maximum Gasteiger partial charge on any atom is 0.140 e. The Morgan fingerprint density at radius 2 is 2.05 bits per heavy atom. The molecule has 0 radical (unpaired) electrons. The molecule has 1 aliphatic carbocycles. The molecular weight excluding hydrogens is 266 g/mol. The second-order valence-corrected chi connectivity index (χ2v) is 7.05. The fourth-order valence-corrected chi connectivity index (χ4v) is 3.57. The van der Waals surface area contributed by atoms with Crippen LogP contribution >= 0.6 is 11.8 Å². The Hall–Kier alpha value is -0.770. The van der Waals surface area contributed by atoms with Crippen LogP contribution in [0.2, 0.25) is 0 Å². The van der Waals surface area contributed by atoms with Crippen LogP contribution in [0.1, 0.15) is 63.9 Å². The summed E-state index contributed by atoms with van der Waals surface area (Å²) in [5.74, 6) is 5.49. The summed E-state index contributed by atoms with van der Waals surface area (Å²) in [6.07, 6.45) is 5.29. The van der Waals surface area contributed by atoms with E-state index in [-0.39, 0.29) is 0 Å². The Morgan fingerprint density at radius 1 is 1.30 bits per heavy atom. The number of thioether (sulfide) groups is 1. The van der Waals surface area contributed by atoms with Gasteiger partial charge in [-0.2, -0.15) is 11.8 Å². The van der Waals surface area contributed by atoms with Crippen molar-refractivity contribution in [2.75, 3.05) is 17.6 Å². The SMILES string of the molecule is CCNc1cc(C2CCCC2)nc(CSCC(C)C)n1. The van der Waals surface area contributed by atoms with Gasteiger partial charge in [-0.1, -0.05) is 26.7 Å². The Balaban J connectivity index is 2.08. The number of aromatic nitrogens is 2. The first-order valence-electron chi connectivity index (χ1n) is 7.88. The third-order valence-corrected chi connectivity index (χ3v) is 4.97. The van der Waals surface area contributed by atoms with E-state index in [0.717, 1.165) is 29.9 Å². The highest BCUT2D eigenvalue weighted by Crippen LogP contribution is 2.34. The van der Waals surface area contributed by atoms with Gasteiger partial charge < -0.3 is 5.32 Å². The smallest absolute Gasteiger partial charge is 0.140 e. The van der Waals surface area contributed by atoms with Gasteiger partial charge >= 0.3 is 0 Å². The monoisotopic (exact) mass is 293 g/mol. The standard InChI is InChI=1S/C16H27N3S/c1-4-17-15-9-14(13-7-5-6-8-13)18-16(19-15)11-20-10-12(2)3/h9,12-13H,4-8,10-11H2,1-3H3,(H,17,18,19). The van der Waals surface area contributed by atoms with Crippen LogP contribution in [-0.4, -0.2) is 22.3 Å². The van der Waals surface area contributed by atoms with Gasteiger partial charge in [0, 0.05) is 24.2 Å². The molecule has 3 nitrogen and oxygen atoms in total. The summed E-state index contributed by atoms with van der Waals surface area (Å²) in [7, 11) is 0. The number of nitrogens with one attached hydrogen (secondary N) is 1. The first-order chi connectivity index (χ1) is 9.69. The maximum absolute atomic E-state index is 4.82. The Morgan fingerprint density at radius 3 is 2.70 bits per heavy atom. The van der Waals surface area contributed by atoms with Crippen LogP contribution in [0.5, 0.6) is 0 Å². The third-order valence-electron chi connectivity index (χ3n) is 3.61. The molecule has 2 rings (SSSR count). The topological polar surface area (TPSA) is 37.8 Å². The van der Waals surface area contributed by atoms with Gasteiger partial charge in [0.1, 0.15) is 11.6 Å². The molecule has 1 saturated carbocycles. The predicted molar refractivity (Wildman–Crippen MR) is 88.4 cm³/mol. The molecule has 1 aromatic rings. The average molecular weight is 293 g/mol. The zero-order valence-corrected chi connectivity index (χ0v) is 13.8. The van der Waals surface area contributed by atoms with Crippen molar-refractivity contribution in [1.82, 2.24) is 9.97 Å².